The van der Waals surface area contributed by atoms with E-state index >= 15 is 0 Å². The number of anilines is 1. The molecule has 7 nitrogen and oxygen atoms in total. The lowest BCUT2D eigenvalue weighted by atomic mass is 10.1. The first-order valence-electron chi connectivity index (χ1n) is 9.63. The van der Waals surface area contributed by atoms with Crippen LogP contribution in [0.3, 0.4) is 0 Å². The number of amides is 2. The number of carbonyl (C=O) groups is 2. The molecule has 2 N–H and O–H groups in total. The van der Waals surface area contributed by atoms with Crippen molar-refractivity contribution in [2.75, 3.05) is 11.1 Å². The number of allylic oxidation sites excluding steroid dienone is 1. The Morgan fingerprint density at radius 1 is 1.19 bits per heavy atom. The Morgan fingerprint density at radius 2 is 2.00 bits per heavy atom. The molecule has 0 unspecified atom stereocenters. The highest BCUT2D eigenvalue weighted by molar-refractivity contribution is 7.99. The second kappa shape index (κ2) is 11.2. The zero-order valence-electron chi connectivity index (χ0n) is 17.3. The Bertz CT molecular complexity index is 1150. The van der Waals surface area contributed by atoms with Crippen LogP contribution in [0.2, 0.25) is 10.0 Å². The van der Waals surface area contributed by atoms with Crippen molar-refractivity contribution in [3.05, 3.63) is 82.1 Å². The lowest BCUT2D eigenvalue weighted by Gasteiger charge is -2.10. The molecule has 1 heterocycles. The van der Waals surface area contributed by atoms with Crippen molar-refractivity contribution < 1.29 is 9.59 Å². The average Bonchev–Trinajstić information content (AvgIpc) is 3.15. The molecule has 32 heavy (non-hydrogen) atoms. The molecule has 0 aliphatic carbocycles. The van der Waals surface area contributed by atoms with Crippen molar-refractivity contribution in [3.8, 4) is 0 Å². The van der Waals surface area contributed by atoms with E-state index in [1.165, 1.54) is 11.8 Å². The SMILES string of the molecule is C=CCn1c(CNC(=O)c2cccc(C)c2)nnc1SCC(=O)Nc1cc(Cl)ccc1Cl. The maximum absolute atomic E-state index is 12.4. The molecule has 0 spiro atoms. The maximum atomic E-state index is 12.4. The molecule has 0 aliphatic heterocycles. The van der Waals surface area contributed by atoms with Crippen LogP contribution in [0.4, 0.5) is 5.69 Å². The van der Waals surface area contributed by atoms with E-state index in [0.717, 1.165) is 5.56 Å². The molecule has 3 aromatic rings. The Morgan fingerprint density at radius 3 is 2.75 bits per heavy atom. The Hall–Kier alpha value is -2.81. The van der Waals surface area contributed by atoms with Gasteiger partial charge in [0.15, 0.2) is 11.0 Å². The predicted octanol–water partition coefficient (Wildman–Crippen LogP) is 4.74. The molecule has 0 aliphatic rings. The molecule has 0 bridgehead atoms. The third kappa shape index (κ3) is 6.35. The highest BCUT2D eigenvalue weighted by atomic mass is 35.5. The summed E-state index contributed by atoms with van der Waals surface area (Å²) in [5.41, 5.74) is 2.02. The van der Waals surface area contributed by atoms with Crippen LogP contribution in [0.25, 0.3) is 0 Å². The third-order valence-corrected chi connectivity index (χ3v) is 5.86. The molecular formula is C22H21Cl2N5O2S. The number of carbonyl (C=O) groups excluding carboxylic acids is 2. The van der Waals surface area contributed by atoms with Crippen LogP contribution in [0, 0.1) is 6.92 Å². The van der Waals surface area contributed by atoms with E-state index in [4.69, 9.17) is 23.2 Å². The summed E-state index contributed by atoms with van der Waals surface area (Å²) in [6.07, 6.45) is 1.70. The van der Waals surface area contributed by atoms with Gasteiger partial charge in [0, 0.05) is 17.1 Å². The number of hydrogen-bond donors (Lipinski definition) is 2. The molecule has 0 saturated heterocycles. The second-order valence-corrected chi connectivity index (χ2v) is 8.60. The molecule has 0 radical (unpaired) electrons. The standard InChI is InChI=1S/C22H21Cl2N5O2S/c1-3-9-29-19(12-25-21(31)15-6-4-5-14(2)10-15)27-28-22(29)32-13-20(30)26-18-11-16(23)7-8-17(18)24/h3-8,10-11H,1,9,12-13H2,2H3,(H,25,31)(H,26,30). The Balaban J connectivity index is 1.62. The quantitative estimate of drug-likeness (QED) is 0.334. The van der Waals surface area contributed by atoms with Gasteiger partial charge in [-0.1, -0.05) is 58.7 Å². The van der Waals surface area contributed by atoms with Gasteiger partial charge in [-0.05, 0) is 37.3 Å². The van der Waals surface area contributed by atoms with E-state index in [0.29, 0.717) is 38.8 Å². The van der Waals surface area contributed by atoms with Gasteiger partial charge in [0.2, 0.25) is 5.91 Å². The molecule has 0 fully saturated rings. The zero-order chi connectivity index (χ0) is 23.1. The van der Waals surface area contributed by atoms with E-state index < -0.39 is 0 Å². The summed E-state index contributed by atoms with van der Waals surface area (Å²) in [4.78, 5) is 24.8. The fraction of sp³-hybridized carbons (Fsp3) is 0.182. The fourth-order valence-corrected chi connectivity index (χ4v) is 3.93. The highest BCUT2D eigenvalue weighted by Gasteiger charge is 2.15. The number of nitrogens with zero attached hydrogens (tertiary/aromatic N) is 3. The summed E-state index contributed by atoms with van der Waals surface area (Å²) in [5, 5.41) is 15.3. The first-order chi connectivity index (χ1) is 15.4. The van der Waals surface area contributed by atoms with E-state index in [2.05, 4.69) is 27.4 Å². The molecule has 1 aromatic heterocycles. The summed E-state index contributed by atoms with van der Waals surface area (Å²) in [5.74, 6) is 0.190. The molecule has 0 saturated carbocycles. The van der Waals surface area contributed by atoms with Crippen LogP contribution in [-0.2, 0) is 17.9 Å². The average molecular weight is 490 g/mol. The van der Waals surface area contributed by atoms with Gasteiger partial charge in [-0.2, -0.15) is 0 Å². The van der Waals surface area contributed by atoms with Gasteiger partial charge in [-0.25, -0.2) is 0 Å². The first kappa shape index (κ1) is 23.8. The number of rotatable bonds is 9. The van der Waals surface area contributed by atoms with Crippen molar-refractivity contribution in [3.63, 3.8) is 0 Å². The highest BCUT2D eigenvalue weighted by Crippen LogP contribution is 2.26. The van der Waals surface area contributed by atoms with E-state index in [1.54, 1.807) is 34.9 Å². The number of benzene rings is 2. The molecule has 0 atom stereocenters. The van der Waals surface area contributed by atoms with Crippen molar-refractivity contribution >= 4 is 52.5 Å². The number of thioether (sulfide) groups is 1. The van der Waals surface area contributed by atoms with Crippen LogP contribution in [0.1, 0.15) is 21.7 Å². The van der Waals surface area contributed by atoms with Crippen molar-refractivity contribution in [2.45, 2.75) is 25.2 Å². The molecule has 2 aromatic carbocycles. The Kier molecular flexibility index (Phi) is 8.33. The Labute approximate surface area is 200 Å². The van der Waals surface area contributed by atoms with Crippen molar-refractivity contribution in [2.24, 2.45) is 0 Å². The molecular weight excluding hydrogens is 469 g/mol. The number of nitrogens with one attached hydrogen (secondary N) is 2. The van der Waals surface area contributed by atoms with Gasteiger partial charge >= 0.3 is 0 Å². The van der Waals surface area contributed by atoms with Crippen molar-refractivity contribution in [1.29, 1.82) is 0 Å². The van der Waals surface area contributed by atoms with Crippen LogP contribution in [-0.4, -0.2) is 32.3 Å². The maximum Gasteiger partial charge on any atom is 0.251 e. The first-order valence-corrected chi connectivity index (χ1v) is 11.4. The lowest BCUT2D eigenvalue weighted by Crippen LogP contribution is -2.25. The number of hydrogen-bond acceptors (Lipinski definition) is 5. The lowest BCUT2D eigenvalue weighted by molar-refractivity contribution is -0.113. The van der Waals surface area contributed by atoms with Gasteiger partial charge in [-0.3, -0.25) is 9.59 Å². The van der Waals surface area contributed by atoms with Gasteiger partial charge in [0.1, 0.15) is 0 Å². The largest absolute Gasteiger partial charge is 0.345 e. The van der Waals surface area contributed by atoms with Crippen LogP contribution in [0.5, 0.6) is 0 Å². The van der Waals surface area contributed by atoms with Crippen LogP contribution in [0.15, 0.2) is 60.3 Å². The topological polar surface area (TPSA) is 88.9 Å². The van der Waals surface area contributed by atoms with Crippen LogP contribution < -0.4 is 10.6 Å². The molecule has 3 rings (SSSR count). The minimum absolute atomic E-state index is 0.0910. The summed E-state index contributed by atoms with van der Waals surface area (Å²) >= 11 is 13.3. The number of halogens is 2. The third-order valence-electron chi connectivity index (χ3n) is 4.33. The normalized spacial score (nSPS) is 10.6. The van der Waals surface area contributed by atoms with Gasteiger partial charge in [0.25, 0.3) is 5.91 Å². The van der Waals surface area contributed by atoms with Crippen LogP contribution >= 0.6 is 35.0 Å². The monoisotopic (exact) mass is 489 g/mol. The minimum atomic E-state index is -0.262. The fourth-order valence-electron chi connectivity index (χ4n) is 2.83. The summed E-state index contributed by atoms with van der Waals surface area (Å²) in [7, 11) is 0. The second-order valence-electron chi connectivity index (χ2n) is 6.81. The summed E-state index contributed by atoms with van der Waals surface area (Å²) in [6, 6.07) is 12.2. The van der Waals surface area contributed by atoms with E-state index in [1.807, 2.05) is 25.1 Å². The minimum Gasteiger partial charge on any atom is -0.345 e. The van der Waals surface area contributed by atoms with Crippen molar-refractivity contribution in [1.82, 2.24) is 20.1 Å². The molecule has 2 amide bonds. The smallest absolute Gasteiger partial charge is 0.251 e. The molecule has 10 heteroatoms. The molecule has 166 valence electrons. The summed E-state index contributed by atoms with van der Waals surface area (Å²) < 4.78 is 1.80. The van der Waals surface area contributed by atoms with Gasteiger partial charge < -0.3 is 15.2 Å². The summed E-state index contributed by atoms with van der Waals surface area (Å²) in [6.45, 7) is 6.32. The number of aromatic nitrogens is 3. The van der Waals surface area contributed by atoms with E-state index in [9.17, 15) is 9.59 Å². The van der Waals surface area contributed by atoms with Gasteiger partial charge in [-0.15, -0.1) is 16.8 Å². The van der Waals surface area contributed by atoms with E-state index in [-0.39, 0.29) is 24.1 Å². The number of aryl methyl sites for hydroxylation is 1. The predicted molar refractivity (Wildman–Crippen MR) is 128 cm³/mol. The van der Waals surface area contributed by atoms with Gasteiger partial charge in [0.05, 0.1) is 23.0 Å². The zero-order valence-corrected chi connectivity index (χ0v) is 19.6.